The second-order valence-corrected chi connectivity index (χ2v) is 15.2. The maximum Gasteiger partial charge on any atom is 0.273 e. The number of pyridine rings is 1. The topological polar surface area (TPSA) is 94.2 Å². The highest BCUT2D eigenvalue weighted by molar-refractivity contribution is 6.03. The highest BCUT2D eigenvalue weighted by Crippen LogP contribution is 2.44. The number of benzene rings is 5. The van der Waals surface area contributed by atoms with Gasteiger partial charge in [-0.3, -0.25) is 30.0 Å². The standard InChI is InChI=1S/C48H43FN6O2/c1-32-29-33(27-28-50-32)45-41-30-34(21-25-43(41)51-52-45)47(57)55(48(36-14-5-2-6-15-36,37-16-7-3-8-17-37)38-18-9-4-10-19-38)53-46(56)40-24-22-39-23-26-44(40)54(39)31-35-13-11-12-20-42(35)49/h2-21,25,27-30,39-40,44H,22-24,26,31H2,1H3,(H,51,52)(H,53,56). The first kappa shape index (κ1) is 36.2. The summed E-state index contributed by atoms with van der Waals surface area (Å²) < 4.78 is 15.0. The average molecular weight is 755 g/mol. The number of aromatic amines is 1. The second-order valence-electron chi connectivity index (χ2n) is 15.2. The van der Waals surface area contributed by atoms with Crippen LogP contribution < -0.4 is 5.43 Å². The van der Waals surface area contributed by atoms with Crippen LogP contribution in [0.3, 0.4) is 0 Å². The second kappa shape index (κ2) is 15.2. The monoisotopic (exact) mass is 754 g/mol. The number of hydrogen-bond donors (Lipinski definition) is 2. The molecule has 4 heterocycles. The molecule has 3 atom stereocenters. The van der Waals surface area contributed by atoms with Gasteiger partial charge in [0.05, 0.1) is 11.4 Å². The summed E-state index contributed by atoms with van der Waals surface area (Å²) in [5.74, 6) is -1.29. The third-order valence-electron chi connectivity index (χ3n) is 11.9. The lowest BCUT2D eigenvalue weighted by molar-refractivity contribution is -0.134. The van der Waals surface area contributed by atoms with Crippen molar-refractivity contribution in [3.8, 4) is 11.3 Å². The van der Waals surface area contributed by atoms with Gasteiger partial charge in [-0.25, -0.2) is 9.40 Å². The van der Waals surface area contributed by atoms with E-state index in [1.807, 2.05) is 134 Å². The van der Waals surface area contributed by atoms with E-state index in [4.69, 9.17) is 0 Å². The fraction of sp³-hybridized carbons (Fsp3) is 0.208. The van der Waals surface area contributed by atoms with Gasteiger partial charge in [0, 0.05) is 52.6 Å². The Bertz CT molecular complexity index is 2450. The van der Waals surface area contributed by atoms with Crippen LogP contribution in [0.2, 0.25) is 0 Å². The van der Waals surface area contributed by atoms with Gasteiger partial charge in [-0.1, -0.05) is 109 Å². The molecule has 284 valence electrons. The van der Waals surface area contributed by atoms with Crippen molar-refractivity contribution in [2.24, 2.45) is 5.92 Å². The molecule has 2 fully saturated rings. The number of carbonyl (C=O) groups is 2. The molecule has 2 N–H and O–H groups in total. The lowest BCUT2D eigenvalue weighted by atomic mass is 9.76. The fourth-order valence-corrected chi connectivity index (χ4v) is 9.24. The Balaban J connectivity index is 1.19. The Morgan fingerprint density at radius 2 is 1.42 bits per heavy atom. The first-order chi connectivity index (χ1) is 27.9. The highest BCUT2D eigenvalue weighted by Gasteiger charge is 2.50. The van der Waals surface area contributed by atoms with Crippen molar-refractivity contribution in [3.63, 3.8) is 0 Å². The van der Waals surface area contributed by atoms with Crippen LogP contribution in [0.1, 0.15) is 64.0 Å². The van der Waals surface area contributed by atoms with Gasteiger partial charge in [-0.05, 0) is 85.7 Å². The molecule has 0 spiro atoms. The van der Waals surface area contributed by atoms with Crippen molar-refractivity contribution >= 4 is 22.7 Å². The Hall–Kier alpha value is -6.45. The highest BCUT2D eigenvalue weighted by atomic mass is 19.1. The van der Waals surface area contributed by atoms with E-state index in [9.17, 15) is 4.39 Å². The number of nitrogens with zero attached hydrogens (tertiary/aromatic N) is 4. The molecule has 0 saturated carbocycles. The number of amides is 2. The van der Waals surface area contributed by atoms with E-state index in [0.717, 1.165) is 58.1 Å². The number of nitrogens with one attached hydrogen (secondary N) is 2. The summed E-state index contributed by atoms with van der Waals surface area (Å²) in [5, 5.41) is 10.1. The van der Waals surface area contributed by atoms with Crippen molar-refractivity contribution < 1.29 is 14.0 Å². The molecule has 5 aromatic carbocycles. The van der Waals surface area contributed by atoms with Gasteiger partial charge >= 0.3 is 0 Å². The van der Waals surface area contributed by atoms with Crippen molar-refractivity contribution in [1.82, 2.24) is 30.5 Å². The third-order valence-corrected chi connectivity index (χ3v) is 11.9. The molecule has 3 unspecified atom stereocenters. The largest absolute Gasteiger partial charge is 0.292 e. The van der Waals surface area contributed by atoms with Crippen LogP contribution in [-0.2, 0) is 16.9 Å². The quantitative estimate of drug-likeness (QED) is 0.113. The number of halogens is 1. The smallest absolute Gasteiger partial charge is 0.273 e. The Labute approximate surface area is 331 Å². The number of aromatic nitrogens is 3. The lowest BCUT2D eigenvalue weighted by Gasteiger charge is -2.46. The van der Waals surface area contributed by atoms with Gasteiger partial charge in [0.2, 0.25) is 5.91 Å². The van der Waals surface area contributed by atoms with Crippen LogP contribution in [0.4, 0.5) is 4.39 Å². The summed E-state index contributed by atoms with van der Waals surface area (Å²) in [6.45, 7) is 2.36. The fourth-order valence-electron chi connectivity index (χ4n) is 9.24. The molecule has 57 heavy (non-hydrogen) atoms. The van der Waals surface area contributed by atoms with Gasteiger partial charge < -0.3 is 0 Å². The van der Waals surface area contributed by atoms with Crippen molar-refractivity contribution in [3.05, 3.63) is 191 Å². The van der Waals surface area contributed by atoms with Gasteiger partial charge in [0.25, 0.3) is 5.91 Å². The van der Waals surface area contributed by atoms with E-state index in [-0.39, 0.29) is 29.7 Å². The summed E-state index contributed by atoms with van der Waals surface area (Å²) in [5.41, 5.74) is 8.64. The Kier molecular flexibility index (Phi) is 9.68. The van der Waals surface area contributed by atoms with E-state index in [1.165, 1.54) is 6.07 Å². The number of rotatable bonds is 9. The zero-order valence-corrected chi connectivity index (χ0v) is 31.7. The molecular weight excluding hydrogens is 712 g/mol. The molecular formula is C48H43FN6O2. The number of hydrogen-bond acceptors (Lipinski definition) is 5. The van der Waals surface area contributed by atoms with E-state index in [2.05, 4.69) is 25.5 Å². The molecule has 2 aromatic heterocycles. The number of aryl methyl sites for hydroxylation is 1. The molecule has 2 bridgehead atoms. The summed E-state index contributed by atoms with van der Waals surface area (Å²) in [4.78, 5) is 37.5. The first-order valence-corrected chi connectivity index (χ1v) is 19.6. The minimum atomic E-state index is -1.30. The Morgan fingerprint density at radius 3 is 2.07 bits per heavy atom. The zero-order valence-electron chi connectivity index (χ0n) is 31.7. The molecule has 9 rings (SSSR count). The van der Waals surface area contributed by atoms with E-state index < -0.39 is 11.5 Å². The average Bonchev–Trinajstić information content (AvgIpc) is 3.79. The van der Waals surface area contributed by atoms with E-state index in [0.29, 0.717) is 29.8 Å². The normalized spacial score (nSPS) is 18.0. The molecule has 0 aliphatic carbocycles. The van der Waals surface area contributed by atoms with Crippen LogP contribution in [0, 0.1) is 18.7 Å². The minimum Gasteiger partial charge on any atom is -0.292 e. The molecule has 2 amide bonds. The summed E-state index contributed by atoms with van der Waals surface area (Å²) >= 11 is 0. The molecule has 2 saturated heterocycles. The van der Waals surface area contributed by atoms with Crippen molar-refractivity contribution in [1.29, 1.82) is 0 Å². The van der Waals surface area contributed by atoms with Crippen LogP contribution in [0.5, 0.6) is 0 Å². The van der Waals surface area contributed by atoms with Crippen LogP contribution in [0.15, 0.2) is 152 Å². The minimum absolute atomic E-state index is 0.103. The van der Waals surface area contributed by atoms with Crippen LogP contribution in [-0.4, -0.2) is 49.0 Å². The summed E-state index contributed by atoms with van der Waals surface area (Å²) in [6, 6.07) is 46.1. The lowest BCUT2D eigenvalue weighted by Crippen LogP contribution is -2.61. The summed E-state index contributed by atoms with van der Waals surface area (Å²) in [6.07, 6.45) is 4.99. The van der Waals surface area contributed by atoms with Gasteiger partial charge in [-0.15, -0.1) is 0 Å². The number of H-pyrrole nitrogens is 1. The van der Waals surface area contributed by atoms with E-state index in [1.54, 1.807) is 23.3 Å². The van der Waals surface area contributed by atoms with Crippen molar-refractivity contribution in [2.75, 3.05) is 0 Å². The maximum absolute atomic E-state index is 15.7. The molecule has 2 aliphatic rings. The molecule has 0 radical (unpaired) electrons. The number of piperidine rings is 1. The van der Waals surface area contributed by atoms with Gasteiger partial charge in [-0.2, -0.15) is 5.10 Å². The molecule has 2 aliphatic heterocycles. The number of carbonyl (C=O) groups excluding carboxylic acids is 2. The molecule has 9 heteroatoms. The van der Waals surface area contributed by atoms with Gasteiger partial charge in [0.15, 0.2) is 0 Å². The molecule has 7 aromatic rings. The van der Waals surface area contributed by atoms with Crippen LogP contribution in [0.25, 0.3) is 22.2 Å². The first-order valence-electron chi connectivity index (χ1n) is 19.6. The molecule has 8 nitrogen and oxygen atoms in total. The predicted octanol–water partition coefficient (Wildman–Crippen LogP) is 8.98. The number of fused-ring (bicyclic) bond motifs is 3. The summed E-state index contributed by atoms with van der Waals surface area (Å²) in [7, 11) is 0. The van der Waals surface area contributed by atoms with E-state index >= 15 is 9.59 Å². The Morgan fingerprint density at radius 1 is 0.789 bits per heavy atom. The van der Waals surface area contributed by atoms with Crippen molar-refractivity contribution in [2.45, 2.75) is 56.8 Å². The SMILES string of the molecule is Cc1cc(-c2n[nH]c3ccc(C(=O)N(NC(=O)C4CCC5CCC4N5Cc4ccccc4F)C(c4ccccc4)(c4ccccc4)c4ccccc4)cc23)ccn1. The van der Waals surface area contributed by atoms with Crippen LogP contribution >= 0.6 is 0 Å². The van der Waals surface area contributed by atoms with Gasteiger partial charge in [0.1, 0.15) is 17.1 Å². The third kappa shape index (κ3) is 6.57. The maximum atomic E-state index is 15.7. The predicted molar refractivity (Wildman–Crippen MR) is 219 cm³/mol. The zero-order chi connectivity index (χ0) is 38.9. The number of hydrazine groups is 1.